The number of fused-ring (bicyclic) bond motifs is 2. The molecule has 0 amide bonds. The third-order valence-corrected chi connectivity index (χ3v) is 4.69. The molecule has 2 aromatic carbocycles. The highest BCUT2D eigenvalue weighted by atomic mass is 35.5. The number of pyridine rings is 1. The maximum Gasteiger partial charge on any atom is 0.162 e. The molecule has 0 aliphatic carbocycles. The van der Waals surface area contributed by atoms with E-state index in [1.807, 2.05) is 60.1 Å². The van der Waals surface area contributed by atoms with Gasteiger partial charge >= 0.3 is 0 Å². The fourth-order valence-corrected chi connectivity index (χ4v) is 3.31. The minimum atomic E-state index is 0.677. The van der Waals surface area contributed by atoms with Crippen LogP contribution >= 0.6 is 11.6 Å². The molecule has 3 heterocycles. The Morgan fingerprint density at radius 3 is 2.85 bits per heavy atom. The lowest BCUT2D eigenvalue weighted by atomic mass is 10.2. The number of nitrogens with one attached hydrogen (secondary N) is 1. The van der Waals surface area contributed by atoms with Gasteiger partial charge in [0.15, 0.2) is 5.82 Å². The van der Waals surface area contributed by atoms with E-state index < -0.39 is 0 Å². The van der Waals surface area contributed by atoms with Crippen molar-refractivity contribution in [2.24, 2.45) is 7.05 Å². The number of hydrogen-bond acceptors (Lipinski definition) is 4. The molecule has 7 heteroatoms. The molecule has 0 aliphatic rings. The Labute approximate surface area is 159 Å². The van der Waals surface area contributed by atoms with E-state index in [9.17, 15) is 0 Å². The molecule has 0 spiro atoms. The summed E-state index contributed by atoms with van der Waals surface area (Å²) >= 11 is 6.13. The highest BCUT2D eigenvalue weighted by Gasteiger charge is 2.16. The molecule has 0 atom stereocenters. The van der Waals surface area contributed by atoms with Crippen molar-refractivity contribution in [3.05, 3.63) is 65.9 Å². The number of halogens is 1. The number of aromatic amines is 1. The van der Waals surface area contributed by atoms with Gasteiger partial charge in [0.2, 0.25) is 0 Å². The van der Waals surface area contributed by atoms with Gasteiger partial charge in [-0.3, -0.25) is 10.1 Å². The maximum atomic E-state index is 6.13. The summed E-state index contributed by atoms with van der Waals surface area (Å²) in [4.78, 5) is 8.80. The van der Waals surface area contributed by atoms with E-state index in [0.717, 1.165) is 33.5 Å². The molecule has 6 nitrogen and oxygen atoms in total. The zero-order valence-corrected chi connectivity index (χ0v) is 15.1. The summed E-state index contributed by atoms with van der Waals surface area (Å²) in [6.07, 6.45) is 3.39. The van der Waals surface area contributed by atoms with Crippen LogP contribution in [0.1, 0.15) is 0 Å². The highest BCUT2D eigenvalue weighted by molar-refractivity contribution is 6.31. The van der Waals surface area contributed by atoms with Crippen LogP contribution in [0.4, 0.5) is 0 Å². The lowest BCUT2D eigenvalue weighted by molar-refractivity contribution is 0.481. The average molecular weight is 376 g/mol. The van der Waals surface area contributed by atoms with Crippen LogP contribution in [0, 0.1) is 0 Å². The Balaban J connectivity index is 1.63. The zero-order chi connectivity index (χ0) is 18.4. The summed E-state index contributed by atoms with van der Waals surface area (Å²) in [5, 5.41) is 9.15. The second-order valence-electron chi connectivity index (χ2n) is 6.20. The topological polar surface area (TPSA) is 68.6 Å². The molecule has 0 saturated carbocycles. The molecule has 132 valence electrons. The van der Waals surface area contributed by atoms with Crippen molar-refractivity contribution in [3.8, 4) is 23.0 Å². The summed E-state index contributed by atoms with van der Waals surface area (Å²) in [6.45, 7) is 0. The molecule has 3 aromatic heterocycles. The van der Waals surface area contributed by atoms with E-state index in [-0.39, 0.29) is 0 Å². The van der Waals surface area contributed by atoms with E-state index in [0.29, 0.717) is 16.5 Å². The van der Waals surface area contributed by atoms with Gasteiger partial charge in [-0.05, 0) is 48.5 Å². The first-order chi connectivity index (χ1) is 13.2. The lowest BCUT2D eigenvalue weighted by Gasteiger charge is -2.05. The highest BCUT2D eigenvalue weighted by Crippen LogP contribution is 2.32. The number of hydrogen-bond donors (Lipinski definition) is 1. The summed E-state index contributed by atoms with van der Waals surface area (Å²) in [5.41, 5.74) is 3.50. The molecule has 0 fully saturated rings. The van der Waals surface area contributed by atoms with Crippen LogP contribution in [0.2, 0.25) is 5.02 Å². The first kappa shape index (κ1) is 15.8. The van der Waals surface area contributed by atoms with Crippen LogP contribution in [0.25, 0.3) is 33.5 Å². The van der Waals surface area contributed by atoms with Crippen molar-refractivity contribution in [3.63, 3.8) is 0 Å². The fourth-order valence-electron chi connectivity index (χ4n) is 3.15. The van der Waals surface area contributed by atoms with Crippen molar-refractivity contribution in [2.45, 2.75) is 0 Å². The third-order valence-electron chi connectivity index (χ3n) is 4.46. The van der Waals surface area contributed by atoms with Crippen molar-refractivity contribution in [1.29, 1.82) is 0 Å². The van der Waals surface area contributed by atoms with E-state index in [1.54, 1.807) is 12.4 Å². The molecule has 0 radical (unpaired) electrons. The summed E-state index contributed by atoms with van der Waals surface area (Å²) < 4.78 is 7.89. The minimum absolute atomic E-state index is 0.677. The summed E-state index contributed by atoms with van der Waals surface area (Å²) in [7, 11) is 1.96. The molecular formula is C20H14ClN5O. The Hall–Kier alpha value is -3.38. The van der Waals surface area contributed by atoms with Crippen LogP contribution in [0.5, 0.6) is 11.5 Å². The Morgan fingerprint density at radius 2 is 2.00 bits per heavy atom. The van der Waals surface area contributed by atoms with Crippen LogP contribution in [-0.4, -0.2) is 24.7 Å². The second kappa shape index (κ2) is 6.10. The van der Waals surface area contributed by atoms with Crippen molar-refractivity contribution in [1.82, 2.24) is 24.7 Å². The van der Waals surface area contributed by atoms with Gasteiger partial charge < -0.3 is 9.30 Å². The van der Waals surface area contributed by atoms with Gasteiger partial charge in [0.05, 0.1) is 22.7 Å². The number of nitrogens with zero attached hydrogens (tertiary/aromatic N) is 4. The van der Waals surface area contributed by atoms with Gasteiger partial charge in [-0.2, -0.15) is 5.10 Å². The fraction of sp³-hybridized carbons (Fsp3) is 0.0500. The second-order valence-corrected chi connectivity index (χ2v) is 6.63. The number of aryl methyl sites for hydroxylation is 1. The van der Waals surface area contributed by atoms with Crippen molar-refractivity contribution < 1.29 is 4.74 Å². The van der Waals surface area contributed by atoms with Gasteiger partial charge in [-0.15, -0.1) is 0 Å². The third kappa shape index (κ3) is 2.71. The Kier molecular flexibility index (Phi) is 3.58. The predicted molar refractivity (Wildman–Crippen MR) is 105 cm³/mol. The van der Waals surface area contributed by atoms with E-state index in [1.165, 1.54) is 0 Å². The largest absolute Gasteiger partial charge is 0.456 e. The van der Waals surface area contributed by atoms with Gasteiger partial charge in [0.1, 0.15) is 17.2 Å². The van der Waals surface area contributed by atoms with Gasteiger partial charge in [-0.25, -0.2) is 4.98 Å². The lowest BCUT2D eigenvalue weighted by Crippen LogP contribution is -1.93. The number of ether oxygens (including phenoxy) is 1. The number of rotatable bonds is 3. The monoisotopic (exact) mass is 375 g/mol. The van der Waals surface area contributed by atoms with Crippen molar-refractivity contribution in [2.75, 3.05) is 0 Å². The first-order valence-corrected chi connectivity index (χ1v) is 8.75. The molecular weight excluding hydrogens is 362 g/mol. The Morgan fingerprint density at radius 1 is 1.07 bits per heavy atom. The van der Waals surface area contributed by atoms with E-state index in [2.05, 4.69) is 15.2 Å². The number of aromatic nitrogens is 5. The number of benzene rings is 2. The molecule has 27 heavy (non-hydrogen) atoms. The quantitative estimate of drug-likeness (QED) is 0.484. The molecule has 0 unspecified atom stereocenters. The smallest absolute Gasteiger partial charge is 0.162 e. The van der Waals surface area contributed by atoms with Crippen LogP contribution < -0.4 is 4.74 Å². The minimum Gasteiger partial charge on any atom is -0.456 e. The number of H-pyrrole nitrogens is 1. The molecule has 0 bridgehead atoms. The number of imidazole rings is 1. The molecule has 5 rings (SSSR count). The summed E-state index contributed by atoms with van der Waals surface area (Å²) in [5.74, 6) is 2.15. The normalized spacial score (nSPS) is 11.3. The Bertz CT molecular complexity index is 1280. The van der Waals surface area contributed by atoms with Crippen LogP contribution in [0.15, 0.2) is 60.9 Å². The maximum absolute atomic E-state index is 6.13. The van der Waals surface area contributed by atoms with Crippen molar-refractivity contribution >= 4 is 33.5 Å². The molecule has 1 N–H and O–H groups in total. The van der Waals surface area contributed by atoms with E-state index >= 15 is 0 Å². The summed E-state index contributed by atoms with van der Waals surface area (Å²) in [6, 6.07) is 15.1. The van der Waals surface area contributed by atoms with Crippen LogP contribution in [-0.2, 0) is 7.05 Å². The average Bonchev–Trinajstić information content (AvgIpc) is 3.23. The van der Waals surface area contributed by atoms with Gasteiger partial charge in [0, 0.05) is 23.7 Å². The van der Waals surface area contributed by atoms with Gasteiger partial charge in [0.25, 0.3) is 0 Å². The van der Waals surface area contributed by atoms with E-state index in [4.69, 9.17) is 21.3 Å². The first-order valence-electron chi connectivity index (χ1n) is 8.37. The SMILES string of the molecule is Cn1c(-c2n[nH]c3ccc(Oc4cccnc4)cc23)nc2ccc(Cl)cc21. The zero-order valence-electron chi connectivity index (χ0n) is 14.3. The van der Waals surface area contributed by atoms with Gasteiger partial charge in [-0.1, -0.05) is 11.6 Å². The molecule has 0 aliphatic heterocycles. The van der Waals surface area contributed by atoms with Crippen LogP contribution in [0.3, 0.4) is 0 Å². The molecule has 5 aromatic rings. The predicted octanol–water partition coefficient (Wildman–Crippen LogP) is 4.96. The molecule has 0 saturated heterocycles. The standard InChI is InChI=1S/C20H14ClN5O/c1-26-18-9-12(21)4-6-17(18)23-20(26)19-15-10-13(5-7-16(15)24-25-19)27-14-3-2-8-22-11-14/h2-11H,1H3,(H,24,25).